The molecule has 4 aromatic rings. The van der Waals surface area contributed by atoms with Crippen LogP contribution in [0.15, 0.2) is 67.4 Å². The number of hydrogen-bond acceptors (Lipinski definition) is 4. The first kappa shape index (κ1) is 13.5. The molecule has 0 unspecified atom stereocenters. The highest BCUT2D eigenvalue weighted by Crippen LogP contribution is 2.29. The Bertz CT molecular complexity index is 963. The molecule has 0 amide bonds. The van der Waals surface area contributed by atoms with Gasteiger partial charge in [0.1, 0.15) is 5.75 Å². The lowest BCUT2D eigenvalue weighted by molar-refractivity contribution is 0.419. The van der Waals surface area contributed by atoms with Crippen molar-refractivity contribution in [1.29, 1.82) is 0 Å². The molecule has 5 nitrogen and oxygen atoms in total. The van der Waals surface area contributed by atoms with Gasteiger partial charge in [0.15, 0.2) is 0 Å². The molecule has 4 rings (SSSR count). The summed E-state index contributed by atoms with van der Waals surface area (Å²) < 4.78 is 7.25. The lowest BCUT2D eigenvalue weighted by Crippen LogP contribution is -1.98. The Labute approximate surface area is 133 Å². The highest BCUT2D eigenvalue weighted by Gasteiger charge is 2.10. The number of pyridine rings is 2. The van der Waals surface area contributed by atoms with E-state index in [9.17, 15) is 0 Å². The summed E-state index contributed by atoms with van der Waals surface area (Å²) in [6, 6.07) is 11.7. The van der Waals surface area contributed by atoms with Crippen LogP contribution in [0.3, 0.4) is 0 Å². The van der Waals surface area contributed by atoms with Gasteiger partial charge in [-0.1, -0.05) is 6.07 Å². The average Bonchev–Trinajstić information content (AvgIpc) is 3.11. The third-order valence-corrected chi connectivity index (χ3v) is 3.75. The molecule has 0 aliphatic carbocycles. The van der Waals surface area contributed by atoms with Crippen LogP contribution in [0.2, 0.25) is 0 Å². The van der Waals surface area contributed by atoms with E-state index in [1.807, 2.05) is 59.7 Å². The molecular weight excluding hydrogens is 288 g/mol. The molecule has 3 heterocycles. The zero-order valence-electron chi connectivity index (χ0n) is 12.5. The zero-order valence-corrected chi connectivity index (χ0v) is 12.5. The van der Waals surface area contributed by atoms with Crippen LogP contribution in [0.25, 0.3) is 27.7 Å². The maximum Gasteiger partial charge on any atom is 0.128 e. The van der Waals surface area contributed by atoms with Crippen molar-refractivity contribution in [2.75, 3.05) is 7.11 Å². The largest absolute Gasteiger partial charge is 0.496 e. The van der Waals surface area contributed by atoms with Gasteiger partial charge >= 0.3 is 0 Å². The van der Waals surface area contributed by atoms with Crippen LogP contribution >= 0.6 is 0 Å². The van der Waals surface area contributed by atoms with Gasteiger partial charge in [-0.05, 0) is 30.3 Å². The minimum Gasteiger partial charge on any atom is -0.496 e. The van der Waals surface area contributed by atoms with Crippen LogP contribution in [-0.4, -0.2) is 26.9 Å². The van der Waals surface area contributed by atoms with Gasteiger partial charge in [-0.15, -0.1) is 0 Å². The predicted octanol–water partition coefficient (Wildman–Crippen LogP) is 3.49. The fraction of sp³-hybridized carbons (Fsp3) is 0.0556. The summed E-state index contributed by atoms with van der Waals surface area (Å²) in [5.74, 6) is 0.802. The number of aromatic nitrogens is 4. The van der Waals surface area contributed by atoms with Crippen molar-refractivity contribution in [3.8, 4) is 22.6 Å². The summed E-state index contributed by atoms with van der Waals surface area (Å²) in [7, 11) is 1.66. The van der Waals surface area contributed by atoms with E-state index >= 15 is 0 Å². The summed E-state index contributed by atoms with van der Waals surface area (Å²) in [5.41, 5.74) is 3.81. The number of methoxy groups -OCH3 is 1. The predicted molar refractivity (Wildman–Crippen MR) is 88.6 cm³/mol. The molecule has 1 aromatic carbocycles. The molecule has 0 radical (unpaired) electrons. The monoisotopic (exact) mass is 302 g/mol. The average molecular weight is 302 g/mol. The second kappa shape index (κ2) is 5.53. The fourth-order valence-corrected chi connectivity index (χ4v) is 2.63. The van der Waals surface area contributed by atoms with E-state index in [2.05, 4.69) is 15.1 Å². The molecule has 0 aliphatic rings. The molecule has 0 spiro atoms. The number of benzene rings is 1. The maximum absolute atomic E-state index is 5.41. The second-order valence-electron chi connectivity index (χ2n) is 5.10. The Kier molecular flexibility index (Phi) is 3.24. The van der Waals surface area contributed by atoms with Crippen molar-refractivity contribution in [3.05, 3.63) is 67.4 Å². The summed E-state index contributed by atoms with van der Waals surface area (Å²) in [6.45, 7) is 0. The van der Waals surface area contributed by atoms with E-state index < -0.39 is 0 Å². The van der Waals surface area contributed by atoms with E-state index in [-0.39, 0.29) is 0 Å². The highest BCUT2D eigenvalue weighted by atomic mass is 16.5. The topological polar surface area (TPSA) is 52.8 Å². The smallest absolute Gasteiger partial charge is 0.128 e. The lowest BCUT2D eigenvalue weighted by atomic mass is 10.1. The first-order valence-corrected chi connectivity index (χ1v) is 7.24. The van der Waals surface area contributed by atoms with Gasteiger partial charge in [0, 0.05) is 41.3 Å². The summed E-state index contributed by atoms with van der Waals surface area (Å²) in [4.78, 5) is 8.64. The van der Waals surface area contributed by atoms with E-state index in [4.69, 9.17) is 4.74 Å². The quantitative estimate of drug-likeness (QED) is 0.581. The summed E-state index contributed by atoms with van der Waals surface area (Å²) in [5, 5.41) is 5.44. The lowest BCUT2D eigenvalue weighted by Gasteiger charge is -2.09. The molecule has 0 atom stereocenters. The van der Waals surface area contributed by atoms with Crippen molar-refractivity contribution in [1.82, 2.24) is 19.7 Å². The third-order valence-electron chi connectivity index (χ3n) is 3.75. The molecule has 0 aliphatic heterocycles. The Balaban J connectivity index is 1.86. The standard InChI is InChI=1S/C18H14N4O/c1-23-17-7-6-16(18-15(17)5-3-9-20-18)22-12-14(11-21-22)13-4-2-8-19-10-13/h2-12H,1H3. The summed E-state index contributed by atoms with van der Waals surface area (Å²) in [6.07, 6.45) is 9.17. The van der Waals surface area contributed by atoms with Gasteiger partial charge in [-0.3, -0.25) is 9.97 Å². The van der Waals surface area contributed by atoms with Crippen LogP contribution in [0.1, 0.15) is 0 Å². The van der Waals surface area contributed by atoms with Crippen molar-refractivity contribution >= 4 is 10.9 Å². The van der Waals surface area contributed by atoms with Gasteiger partial charge in [0.05, 0.1) is 24.5 Å². The fourth-order valence-electron chi connectivity index (χ4n) is 2.63. The number of fused-ring (bicyclic) bond motifs is 1. The molecular formula is C18H14N4O. The van der Waals surface area contributed by atoms with E-state index in [1.165, 1.54) is 0 Å². The van der Waals surface area contributed by atoms with Crippen molar-refractivity contribution < 1.29 is 4.74 Å². The third kappa shape index (κ3) is 2.32. The molecule has 112 valence electrons. The molecule has 0 N–H and O–H groups in total. The number of nitrogens with zero attached hydrogens (tertiary/aromatic N) is 4. The minimum absolute atomic E-state index is 0.802. The Morgan fingerprint density at radius 2 is 1.87 bits per heavy atom. The highest BCUT2D eigenvalue weighted by molar-refractivity contribution is 5.91. The molecule has 5 heteroatoms. The van der Waals surface area contributed by atoms with Crippen LogP contribution in [0.4, 0.5) is 0 Å². The Hall–Kier alpha value is -3.21. The van der Waals surface area contributed by atoms with Gasteiger partial charge < -0.3 is 4.74 Å². The van der Waals surface area contributed by atoms with Crippen molar-refractivity contribution in [3.63, 3.8) is 0 Å². The van der Waals surface area contributed by atoms with Crippen LogP contribution < -0.4 is 4.74 Å². The Morgan fingerprint density at radius 3 is 2.70 bits per heavy atom. The van der Waals surface area contributed by atoms with Gasteiger partial charge in [-0.2, -0.15) is 5.10 Å². The summed E-state index contributed by atoms with van der Waals surface area (Å²) >= 11 is 0. The Morgan fingerprint density at radius 1 is 0.957 bits per heavy atom. The van der Waals surface area contributed by atoms with E-state index in [0.29, 0.717) is 0 Å². The van der Waals surface area contributed by atoms with Crippen molar-refractivity contribution in [2.45, 2.75) is 0 Å². The number of hydrogen-bond donors (Lipinski definition) is 0. The normalized spacial score (nSPS) is 10.8. The number of rotatable bonds is 3. The van der Waals surface area contributed by atoms with Gasteiger partial charge in [0.2, 0.25) is 0 Å². The van der Waals surface area contributed by atoms with Gasteiger partial charge in [-0.25, -0.2) is 4.68 Å². The molecule has 23 heavy (non-hydrogen) atoms. The van der Waals surface area contributed by atoms with Gasteiger partial charge in [0.25, 0.3) is 0 Å². The first-order valence-electron chi connectivity index (χ1n) is 7.24. The van der Waals surface area contributed by atoms with Crippen molar-refractivity contribution in [2.24, 2.45) is 0 Å². The SMILES string of the molecule is COc1ccc(-n2cc(-c3cccnc3)cn2)c2ncccc12. The molecule has 0 saturated heterocycles. The van der Waals surface area contributed by atoms with Crippen LogP contribution in [-0.2, 0) is 0 Å². The molecule has 0 bridgehead atoms. The van der Waals surface area contributed by atoms with E-state index in [0.717, 1.165) is 33.5 Å². The first-order chi connectivity index (χ1) is 11.4. The van der Waals surface area contributed by atoms with Crippen LogP contribution in [0.5, 0.6) is 5.75 Å². The molecule has 3 aromatic heterocycles. The molecule has 0 saturated carbocycles. The maximum atomic E-state index is 5.41. The number of ether oxygens (including phenoxy) is 1. The zero-order chi connectivity index (χ0) is 15.6. The second-order valence-corrected chi connectivity index (χ2v) is 5.10. The minimum atomic E-state index is 0.802. The van der Waals surface area contributed by atoms with E-state index in [1.54, 1.807) is 19.5 Å². The molecule has 0 fully saturated rings. The van der Waals surface area contributed by atoms with Crippen LogP contribution in [0, 0.1) is 0 Å².